The van der Waals surface area contributed by atoms with Crippen molar-refractivity contribution in [1.82, 2.24) is 0 Å². The number of hydrogen-bond donors (Lipinski definition) is 0. The fourth-order valence-corrected chi connectivity index (χ4v) is 5.60. The summed E-state index contributed by atoms with van der Waals surface area (Å²) in [7, 11) is 0. The molecule has 2 saturated carbocycles. The van der Waals surface area contributed by atoms with Crippen molar-refractivity contribution < 1.29 is 14.3 Å². The van der Waals surface area contributed by atoms with Gasteiger partial charge in [-0.2, -0.15) is 0 Å². The summed E-state index contributed by atoms with van der Waals surface area (Å²) in [5.74, 6) is 4.19. The molecule has 0 spiro atoms. The maximum Gasteiger partial charge on any atom is 0.314 e. The summed E-state index contributed by atoms with van der Waals surface area (Å²) < 4.78 is 11.1. The topological polar surface area (TPSA) is 35.5 Å². The van der Waals surface area contributed by atoms with Crippen molar-refractivity contribution in [3.8, 4) is 11.5 Å². The average Bonchev–Trinajstić information content (AvgIpc) is 2.79. The van der Waals surface area contributed by atoms with Gasteiger partial charge in [-0.1, -0.05) is 51.9 Å². The first-order valence-electron chi connectivity index (χ1n) is 12.6. The smallest absolute Gasteiger partial charge is 0.314 e. The summed E-state index contributed by atoms with van der Waals surface area (Å²) in [5, 5.41) is 0. The maximum absolute atomic E-state index is 12.6. The highest BCUT2D eigenvalue weighted by molar-refractivity contribution is 5.75. The van der Waals surface area contributed by atoms with Gasteiger partial charge in [0.2, 0.25) is 0 Å². The van der Waals surface area contributed by atoms with Crippen molar-refractivity contribution in [1.29, 1.82) is 0 Å². The van der Waals surface area contributed by atoms with Gasteiger partial charge in [-0.15, -0.1) is 0 Å². The lowest BCUT2D eigenvalue weighted by molar-refractivity contribution is -0.140. The quantitative estimate of drug-likeness (QED) is 0.225. The normalized spacial score (nSPS) is 26.9. The molecule has 0 unspecified atom stereocenters. The monoisotopic (exact) mass is 414 g/mol. The number of esters is 1. The molecule has 0 atom stereocenters. The van der Waals surface area contributed by atoms with Gasteiger partial charge < -0.3 is 9.47 Å². The Morgan fingerprint density at radius 3 is 2.00 bits per heavy atom. The Kier molecular flexibility index (Phi) is 9.55. The van der Waals surface area contributed by atoms with E-state index in [1.165, 1.54) is 70.6 Å². The van der Waals surface area contributed by atoms with Crippen LogP contribution in [0.4, 0.5) is 0 Å². The fourth-order valence-electron chi connectivity index (χ4n) is 5.60. The maximum atomic E-state index is 12.6. The van der Waals surface area contributed by atoms with Gasteiger partial charge in [0.1, 0.15) is 11.5 Å². The highest BCUT2D eigenvalue weighted by Crippen LogP contribution is 2.42. The molecule has 3 heteroatoms. The molecule has 3 rings (SSSR count). The van der Waals surface area contributed by atoms with Crippen LogP contribution in [0.1, 0.15) is 97.3 Å². The Hall–Kier alpha value is -1.51. The van der Waals surface area contributed by atoms with Gasteiger partial charge in [0.05, 0.1) is 12.5 Å². The summed E-state index contributed by atoms with van der Waals surface area (Å²) in [6.45, 7) is 4.90. The van der Waals surface area contributed by atoms with E-state index in [2.05, 4.69) is 6.92 Å². The van der Waals surface area contributed by atoms with Gasteiger partial charge in [-0.3, -0.25) is 4.79 Å². The summed E-state index contributed by atoms with van der Waals surface area (Å²) in [6.07, 6.45) is 17.2. The molecule has 0 aromatic heterocycles. The molecule has 0 saturated heterocycles. The standard InChI is InChI=1S/C27H42O3/c1-3-5-6-7-8-21-9-11-22(12-10-21)23-13-15-24(16-14-23)27(28)30-26-19-17-25(18-20-26)29-4-2/h17-24H,3-16H2,1-2H3. The first-order chi connectivity index (χ1) is 14.7. The highest BCUT2D eigenvalue weighted by atomic mass is 16.5. The minimum absolute atomic E-state index is 0.0478. The van der Waals surface area contributed by atoms with Gasteiger partial charge >= 0.3 is 5.97 Å². The Morgan fingerprint density at radius 2 is 1.40 bits per heavy atom. The van der Waals surface area contributed by atoms with Gasteiger partial charge in [-0.25, -0.2) is 0 Å². The molecule has 0 bridgehead atoms. The number of carbonyl (C=O) groups is 1. The molecular formula is C27H42O3. The van der Waals surface area contributed by atoms with Crippen molar-refractivity contribution >= 4 is 5.97 Å². The lowest BCUT2D eigenvalue weighted by atomic mass is 9.68. The molecule has 0 N–H and O–H groups in total. The van der Waals surface area contributed by atoms with Crippen molar-refractivity contribution in [2.24, 2.45) is 23.7 Å². The Morgan fingerprint density at radius 1 is 0.800 bits per heavy atom. The molecule has 0 aliphatic heterocycles. The van der Waals surface area contributed by atoms with Crippen LogP contribution in [0.15, 0.2) is 24.3 Å². The number of carbonyl (C=O) groups excluding carboxylic acids is 1. The van der Waals surface area contributed by atoms with Crippen LogP contribution < -0.4 is 9.47 Å². The zero-order valence-electron chi connectivity index (χ0n) is 19.2. The van der Waals surface area contributed by atoms with Crippen LogP contribution in [-0.2, 0) is 4.79 Å². The largest absolute Gasteiger partial charge is 0.494 e. The molecule has 0 amide bonds. The van der Waals surface area contributed by atoms with Crippen LogP contribution in [0, 0.1) is 23.7 Å². The van der Waals surface area contributed by atoms with Crippen LogP contribution in [-0.4, -0.2) is 12.6 Å². The van der Waals surface area contributed by atoms with Crippen LogP contribution in [0.25, 0.3) is 0 Å². The number of benzene rings is 1. The lowest BCUT2D eigenvalue weighted by Gasteiger charge is -2.37. The van der Waals surface area contributed by atoms with Crippen molar-refractivity contribution in [2.45, 2.75) is 97.3 Å². The molecule has 0 radical (unpaired) electrons. The van der Waals surface area contributed by atoms with E-state index in [-0.39, 0.29) is 11.9 Å². The van der Waals surface area contributed by atoms with Crippen molar-refractivity contribution in [3.05, 3.63) is 24.3 Å². The van der Waals surface area contributed by atoms with E-state index in [4.69, 9.17) is 9.47 Å². The number of unbranched alkanes of at least 4 members (excludes halogenated alkanes) is 3. The van der Waals surface area contributed by atoms with E-state index >= 15 is 0 Å². The number of hydrogen-bond acceptors (Lipinski definition) is 3. The Bertz CT molecular complexity index is 608. The minimum Gasteiger partial charge on any atom is -0.494 e. The third-order valence-corrected chi connectivity index (χ3v) is 7.48. The molecule has 168 valence electrons. The van der Waals surface area contributed by atoms with Crippen LogP contribution in [0.2, 0.25) is 0 Å². The predicted octanol–water partition coefficient (Wildman–Crippen LogP) is 7.57. The summed E-state index contributed by atoms with van der Waals surface area (Å²) >= 11 is 0. The predicted molar refractivity (Wildman–Crippen MR) is 123 cm³/mol. The first kappa shape index (κ1) is 23.2. The van der Waals surface area contributed by atoms with Crippen LogP contribution in [0.5, 0.6) is 11.5 Å². The lowest BCUT2D eigenvalue weighted by Crippen LogP contribution is -2.30. The van der Waals surface area contributed by atoms with E-state index < -0.39 is 0 Å². The average molecular weight is 415 g/mol. The van der Waals surface area contributed by atoms with Crippen molar-refractivity contribution in [2.75, 3.05) is 6.61 Å². The summed E-state index contributed by atoms with van der Waals surface area (Å²) in [4.78, 5) is 12.6. The molecule has 3 nitrogen and oxygen atoms in total. The van der Waals surface area contributed by atoms with Crippen LogP contribution in [0.3, 0.4) is 0 Å². The Labute approximate surface area is 183 Å². The van der Waals surface area contributed by atoms with E-state index in [1.54, 1.807) is 0 Å². The van der Waals surface area contributed by atoms with Crippen molar-refractivity contribution in [3.63, 3.8) is 0 Å². The van der Waals surface area contributed by atoms with E-state index in [9.17, 15) is 4.79 Å². The van der Waals surface area contributed by atoms with E-state index in [0.29, 0.717) is 12.4 Å². The SMILES string of the molecule is CCCCCCC1CCC(C2CCC(C(=O)Oc3ccc(OCC)cc3)CC2)CC1. The van der Waals surface area contributed by atoms with Crippen LogP contribution >= 0.6 is 0 Å². The molecular weight excluding hydrogens is 372 g/mol. The van der Waals surface area contributed by atoms with Gasteiger partial charge in [-0.05, 0) is 87.5 Å². The third-order valence-electron chi connectivity index (χ3n) is 7.48. The molecule has 1 aromatic rings. The summed E-state index contributed by atoms with van der Waals surface area (Å²) in [6, 6.07) is 7.39. The molecule has 1 aromatic carbocycles. The molecule has 0 heterocycles. The zero-order valence-corrected chi connectivity index (χ0v) is 19.2. The molecule has 2 aliphatic rings. The fraction of sp³-hybridized carbons (Fsp3) is 0.741. The second-order valence-electron chi connectivity index (χ2n) is 9.57. The van der Waals surface area contributed by atoms with Gasteiger partial charge in [0, 0.05) is 0 Å². The zero-order chi connectivity index (χ0) is 21.2. The number of rotatable bonds is 10. The number of ether oxygens (including phenoxy) is 2. The molecule has 30 heavy (non-hydrogen) atoms. The van der Waals surface area contributed by atoms with E-state index in [1.807, 2.05) is 31.2 Å². The highest BCUT2D eigenvalue weighted by Gasteiger charge is 2.33. The Balaban J connectivity index is 1.35. The second kappa shape index (κ2) is 12.4. The van der Waals surface area contributed by atoms with Gasteiger partial charge in [0.15, 0.2) is 0 Å². The third kappa shape index (κ3) is 7.03. The second-order valence-corrected chi connectivity index (χ2v) is 9.57. The summed E-state index contributed by atoms with van der Waals surface area (Å²) in [5.41, 5.74) is 0. The van der Waals surface area contributed by atoms with Gasteiger partial charge in [0.25, 0.3) is 0 Å². The van der Waals surface area contributed by atoms with E-state index in [0.717, 1.165) is 36.3 Å². The molecule has 2 aliphatic carbocycles. The first-order valence-corrected chi connectivity index (χ1v) is 12.6. The minimum atomic E-state index is -0.0478. The molecule has 2 fully saturated rings.